The molecular formula is C14H11F4NO3S. The van der Waals surface area contributed by atoms with Gasteiger partial charge in [-0.1, -0.05) is 0 Å². The molecule has 0 radical (unpaired) electrons. The van der Waals surface area contributed by atoms with E-state index in [1.54, 1.807) is 4.72 Å². The van der Waals surface area contributed by atoms with E-state index < -0.39 is 44.7 Å². The summed E-state index contributed by atoms with van der Waals surface area (Å²) in [5, 5.41) is 0. The predicted molar refractivity (Wildman–Crippen MR) is 75.6 cm³/mol. The van der Waals surface area contributed by atoms with Crippen LogP contribution in [0.1, 0.15) is 0 Å². The summed E-state index contributed by atoms with van der Waals surface area (Å²) in [5.41, 5.74) is -0.703. The zero-order chi connectivity index (χ0) is 17.0. The van der Waals surface area contributed by atoms with E-state index in [-0.39, 0.29) is 12.4 Å². The molecule has 9 heteroatoms. The second kappa shape index (κ2) is 6.86. The first-order valence-corrected chi connectivity index (χ1v) is 7.96. The molecule has 0 spiro atoms. The molecule has 0 saturated carbocycles. The first-order chi connectivity index (χ1) is 10.8. The third kappa shape index (κ3) is 4.59. The minimum Gasteiger partial charge on any atom is -0.492 e. The highest BCUT2D eigenvalue weighted by atomic mass is 32.2. The summed E-state index contributed by atoms with van der Waals surface area (Å²) in [6.07, 6.45) is 0. The predicted octanol–water partition coefficient (Wildman–Crippen LogP) is 3.06. The van der Waals surface area contributed by atoms with E-state index in [0.717, 1.165) is 18.2 Å². The molecule has 0 aliphatic heterocycles. The Morgan fingerprint density at radius 3 is 2.22 bits per heavy atom. The number of anilines is 1. The van der Waals surface area contributed by atoms with Crippen molar-refractivity contribution in [3.63, 3.8) is 0 Å². The number of halogens is 4. The average Bonchev–Trinajstić information content (AvgIpc) is 2.50. The van der Waals surface area contributed by atoms with Gasteiger partial charge in [0.25, 0.3) is 0 Å². The smallest absolute Gasteiger partial charge is 0.236 e. The van der Waals surface area contributed by atoms with Crippen molar-refractivity contribution < 1.29 is 30.7 Å². The molecule has 0 unspecified atom stereocenters. The Bertz CT molecular complexity index is 794. The molecule has 0 aliphatic carbocycles. The van der Waals surface area contributed by atoms with Crippen LogP contribution in [0, 0.1) is 23.3 Å². The fourth-order valence-electron chi connectivity index (χ4n) is 1.62. The van der Waals surface area contributed by atoms with Gasteiger partial charge in [0.05, 0.1) is 5.69 Å². The fourth-order valence-corrected chi connectivity index (χ4v) is 2.52. The molecule has 23 heavy (non-hydrogen) atoms. The summed E-state index contributed by atoms with van der Waals surface area (Å²) in [7, 11) is -4.04. The van der Waals surface area contributed by atoms with Gasteiger partial charge in [-0.3, -0.25) is 4.72 Å². The third-order valence-corrected chi connectivity index (χ3v) is 3.97. The van der Waals surface area contributed by atoms with Crippen LogP contribution in [0.2, 0.25) is 0 Å². The first-order valence-electron chi connectivity index (χ1n) is 6.31. The van der Waals surface area contributed by atoms with E-state index in [2.05, 4.69) is 0 Å². The van der Waals surface area contributed by atoms with Crippen LogP contribution in [-0.2, 0) is 10.0 Å². The molecule has 0 aliphatic rings. The van der Waals surface area contributed by atoms with E-state index in [0.29, 0.717) is 6.07 Å². The van der Waals surface area contributed by atoms with Crippen molar-refractivity contribution in [1.29, 1.82) is 0 Å². The van der Waals surface area contributed by atoms with Crippen molar-refractivity contribution >= 4 is 15.7 Å². The van der Waals surface area contributed by atoms with Gasteiger partial charge >= 0.3 is 0 Å². The second-order valence-electron chi connectivity index (χ2n) is 4.45. The Labute approximate surface area is 129 Å². The van der Waals surface area contributed by atoms with E-state index in [1.165, 1.54) is 12.1 Å². The largest absolute Gasteiger partial charge is 0.492 e. The van der Waals surface area contributed by atoms with Crippen LogP contribution in [0.15, 0.2) is 36.4 Å². The summed E-state index contributed by atoms with van der Waals surface area (Å²) in [4.78, 5) is 0. The van der Waals surface area contributed by atoms with Crippen molar-refractivity contribution in [3.05, 3.63) is 59.7 Å². The van der Waals surface area contributed by atoms with E-state index in [1.807, 2.05) is 0 Å². The van der Waals surface area contributed by atoms with Crippen LogP contribution in [0.25, 0.3) is 0 Å². The minimum absolute atomic E-state index is 0.251. The van der Waals surface area contributed by atoms with Crippen LogP contribution in [0.4, 0.5) is 23.2 Å². The van der Waals surface area contributed by atoms with Gasteiger partial charge in [-0.2, -0.15) is 0 Å². The molecule has 0 aromatic heterocycles. The summed E-state index contributed by atoms with van der Waals surface area (Å²) in [6.45, 7) is -0.299. The Hall–Kier alpha value is -2.29. The van der Waals surface area contributed by atoms with Crippen LogP contribution in [0.5, 0.6) is 5.75 Å². The number of benzene rings is 2. The number of sulfonamides is 1. The van der Waals surface area contributed by atoms with Gasteiger partial charge in [0, 0.05) is 0 Å². The number of hydrogen-bond acceptors (Lipinski definition) is 3. The number of rotatable bonds is 6. The first kappa shape index (κ1) is 17.1. The summed E-state index contributed by atoms with van der Waals surface area (Å²) >= 11 is 0. The van der Waals surface area contributed by atoms with Gasteiger partial charge in [-0.25, -0.2) is 26.0 Å². The second-order valence-corrected chi connectivity index (χ2v) is 6.29. The van der Waals surface area contributed by atoms with Crippen LogP contribution in [0.3, 0.4) is 0 Å². The van der Waals surface area contributed by atoms with Crippen molar-refractivity contribution in [2.24, 2.45) is 0 Å². The van der Waals surface area contributed by atoms with Gasteiger partial charge in [-0.05, 0) is 36.4 Å². The lowest BCUT2D eigenvalue weighted by Gasteiger charge is -2.10. The Balaban J connectivity index is 1.97. The van der Waals surface area contributed by atoms with Gasteiger partial charge in [-0.15, -0.1) is 0 Å². The summed E-state index contributed by atoms with van der Waals surface area (Å²) in [6, 6.07) is 6.27. The lowest BCUT2D eigenvalue weighted by atomic mass is 10.3. The minimum atomic E-state index is -4.04. The normalized spacial score (nSPS) is 11.3. The zero-order valence-electron chi connectivity index (χ0n) is 11.5. The molecule has 0 fully saturated rings. The summed E-state index contributed by atoms with van der Waals surface area (Å²) < 4.78 is 82.3. The molecule has 1 N–H and O–H groups in total. The highest BCUT2D eigenvalue weighted by molar-refractivity contribution is 7.92. The van der Waals surface area contributed by atoms with E-state index in [4.69, 9.17) is 4.74 Å². The topological polar surface area (TPSA) is 55.4 Å². The van der Waals surface area contributed by atoms with Crippen molar-refractivity contribution in [1.82, 2.24) is 0 Å². The van der Waals surface area contributed by atoms with E-state index in [9.17, 15) is 26.0 Å². The molecule has 0 saturated heterocycles. The molecule has 0 bridgehead atoms. The van der Waals surface area contributed by atoms with Gasteiger partial charge in [0.1, 0.15) is 23.9 Å². The van der Waals surface area contributed by atoms with Gasteiger partial charge < -0.3 is 4.74 Å². The van der Waals surface area contributed by atoms with Crippen molar-refractivity contribution in [2.75, 3.05) is 17.1 Å². The van der Waals surface area contributed by atoms with Gasteiger partial charge in [0.15, 0.2) is 17.5 Å². The van der Waals surface area contributed by atoms with Crippen molar-refractivity contribution in [2.45, 2.75) is 0 Å². The SMILES string of the molecule is O=S(=O)(CCOc1ccc(F)cc1)Nc1ccc(F)c(F)c1F. The Kier molecular flexibility index (Phi) is 5.09. The van der Waals surface area contributed by atoms with Gasteiger partial charge in [0.2, 0.25) is 10.0 Å². The molecule has 0 heterocycles. The molecule has 0 atom stereocenters. The Morgan fingerprint density at radius 1 is 0.913 bits per heavy atom. The van der Waals surface area contributed by atoms with Crippen LogP contribution < -0.4 is 9.46 Å². The maximum atomic E-state index is 13.4. The highest BCUT2D eigenvalue weighted by Crippen LogP contribution is 2.20. The number of hydrogen-bond donors (Lipinski definition) is 1. The standard InChI is InChI=1S/C14H11F4NO3S/c15-9-1-3-10(4-2-9)22-7-8-23(20,21)19-12-6-5-11(16)13(17)14(12)18/h1-6,19H,7-8H2. The third-order valence-electron chi connectivity index (χ3n) is 2.74. The summed E-state index contributed by atoms with van der Waals surface area (Å²) in [5.74, 6) is -5.62. The monoisotopic (exact) mass is 349 g/mol. The fraction of sp³-hybridized carbons (Fsp3) is 0.143. The van der Waals surface area contributed by atoms with Crippen molar-refractivity contribution in [3.8, 4) is 5.75 Å². The highest BCUT2D eigenvalue weighted by Gasteiger charge is 2.18. The van der Waals surface area contributed by atoms with Crippen LogP contribution >= 0.6 is 0 Å². The molecule has 124 valence electrons. The van der Waals surface area contributed by atoms with Crippen LogP contribution in [-0.4, -0.2) is 20.8 Å². The average molecular weight is 349 g/mol. The lowest BCUT2D eigenvalue weighted by molar-refractivity contribution is 0.340. The quantitative estimate of drug-likeness (QED) is 0.644. The molecule has 4 nitrogen and oxygen atoms in total. The molecule has 0 amide bonds. The number of nitrogens with one attached hydrogen (secondary N) is 1. The molecule has 2 aromatic carbocycles. The van der Waals surface area contributed by atoms with E-state index >= 15 is 0 Å². The zero-order valence-corrected chi connectivity index (χ0v) is 12.3. The lowest BCUT2D eigenvalue weighted by Crippen LogP contribution is -2.22. The maximum absolute atomic E-state index is 13.4. The number of ether oxygens (including phenoxy) is 1. The molecule has 2 aromatic rings. The molecule has 2 rings (SSSR count). The maximum Gasteiger partial charge on any atom is 0.236 e. The molecular weight excluding hydrogens is 338 g/mol. The Morgan fingerprint density at radius 2 is 1.57 bits per heavy atom.